The van der Waals surface area contributed by atoms with Crippen LogP contribution in [0.3, 0.4) is 0 Å². The Kier molecular flexibility index (Phi) is 4.84. The SMILES string of the molecule is C=CC(CC(C)(C)CC(C)(C)C)c1ccc2cccc(O)c2n1. The van der Waals surface area contributed by atoms with Gasteiger partial charge in [-0.05, 0) is 35.8 Å². The molecule has 1 N–H and O–H groups in total. The molecule has 2 aromatic rings. The number of aromatic nitrogens is 1. The highest BCUT2D eigenvalue weighted by Crippen LogP contribution is 2.40. The number of benzene rings is 1. The first kappa shape index (κ1) is 17.5. The van der Waals surface area contributed by atoms with Gasteiger partial charge in [-0.1, -0.05) is 58.9 Å². The zero-order valence-electron chi connectivity index (χ0n) is 15.1. The number of hydrogen-bond donors (Lipinski definition) is 1. The fraction of sp³-hybridized carbons (Fsp3) is 0.476. The Labute approximate surface area is 140 Å². The molecule has 1 heterocycles. The number of nitrogens with zero attached hydrogens (tertiary/aromatic N) is 1. The summed E-state index contributed by atoms with van der Waals surface area (Å²) in [5, 5.41) is 11.0. The van der Waals surface area contributed by atoms with E-state index in [0.29, 0.717) is 10.9 Å². The molecule has 1 aromatic heterocycles. The van der Waals surface area contributed by atoms with E-state index in [4.69, 9.17) is 4.98 Å². The summed E-state index contributed by atoms with van der Waals surface area (Å²) in [6, 6.07) is 9.59. The Morgan fingerprint density at radius 2 is 1.83 bits per heavy atom. The lowest BCUT2D eigenvalue weighted by Gasteiger charge is -2.34. The van der Waals surface area contributed by atoms with Crippen molar-refractivity contribution in [3.05, 3.63) is 48.7 Å². The van der Waals surface area contributed by atoms with Crippen LogP contribution in [0.2, 0.25) is 0 Å². The van der Waals surface area contributed by atoms with Crippen LogP contribution in [0.15, 0.2) is 43.0 Å². The molecule has 0 aliphatic rings. The molecular formula is C21H29NO. The average Bonchev–Trinajstić information content (AvgIpc) is 2.42. The first-order valence-corrected chi connectivity index (χ1v) is 8.32. The van der Waals surface area contributed by atoms with E-state index in [-0.39, 0.29) is 17.1 Å². The van der Waals surface area contributed by atoms with E-state index < -0.39 is 0 Å². The molecule has 23 heavy (non-hydrogen) atoms. The zero-order valence-corrected chi connectivity index (χ0v) is 15.1. The van der Waals surface area contributed by atoms with Crippen molar-refractivity contribution in [3.8, 4) is 5.75 Å². The summed E-state index contributed by atoms with van der Waals surface area (Å²) in [6.45, 7) is 15.5. The normalized spacial score (nSPS) is 14.0. The highest BCUT2D eigenvalue weighted by atomic mass is 16.3. The Bertz CT molecular complexity index is 695. The maximum Gasteiger partial charge on any atom is 0.141 e. The lowest BCUT2D eigenvalue weighted by Crippen LogP contribution is -2.23. The summed E-state index contributed by atoms with van der Waals surface area (Å²) in [5.74, 6) is 0.428. The van der Waals surface area contributed by atoms with Gasteiger partial charge in [-0.2, -0.15) is 0 Å². The molecule has 2 heteroatoms. The lowest BCUT2D eigenvalue weighted by atomic mass is 9.71. The molecule has 2 nitrogen and oxygen atoms in total. The van der Waals surface area contributed by atoms with Crippen molar-refractivity contribution in [3.63, 3.8) is 0 Å². The summed E-state index contributed by atoms with van der Waals surface area (Å²) in [6.07, 6.45) is 4.13. The second kappa shape index (κ2) is 6.35. The lowest BCUT2D eigenvalue weighted by molar-refractivity contribution is 0.193. The minimum atomic E-state index is 0.191. The largest absolute Gasteiger partial charge is 0.506 e. The van der Waals surface area contributed by atoms with Gasteiger partial charge >= 0.3 is 0 Å². The summed E-state index contributed by atoms with van der Waals surface area (Å²) in [7, 11) is 0. The Balaban J connectivity index is 2.31. The number of fused-ring (bicyclic) bond motifs is 1. The van der Waals surface area contributed by atoms with Crippen molar-refractivity contribution in [1.82, 2.24) is 4.98 Å². The van der Waals surface area contributed by atoms with E-state index in [0.717, 1.165) is 23.9 Å². The van der Waals surface area contributed by atoms with E-state index in [1.54, 1.807) is 6.07 Å². The topological polar surface area (TPSA) is 33.1 Å². The number of aromatic hydroxyl groups is 1. The second-order valence-electron chi connectivity index (χ2n) is 8.53. The fourth-order valence-corrected chi connectivity index (χ4v) is 3.76. The van der Waals surface area contributed by atoms with Gasteiger partial charge in [-0.15, -0.1) is 6.58 Å². The van der Waals surface area contributed by atoms with Crippen molar-refractivity contribution in [2.45, 2.75) is 53.4 Å². The van der Waals surface area contributed by atoms with Gasteiger partial charge in [0.15, 0.2) is 0 Å². The molecule has 1 atom stereocenters. The minimum absolute atomic E-state index is 0.191. The van der Waals surface area contributed by atoms with Gasteiger partial charge in [0, 0.05) is 17.0 Å². The van der Waals surface area contributed by atoms with Crippen LogP contribution in [0.5, 0.6) is 5.75 Å². The molecule has 124 valence electrons. The quantitative estimate of drug-likeness (QED) is 0.680. The second-order valence-corrected chi connectivity index (χ2v) is 8.53. The molecule has 1 unspecified atom stereocenters. The monoisotopic (exact) mass is 311 g/mol. The minimum Gasteiger partial charge on any atom is -0.506 e. The molecule has 0 saturated heterocycles. The number of para-hydroxylation sites is 1. The van der Waals surface area contributed by atoms with Crippen LogP contribution >= 0.6 is 0 Å². The van der Waals surface area contributed by atoms with Gasteiger partial charge in [0.1, 0.15) is 11.3 Å². The fourth-order valence-electron chi connectivity index (χ4n) is 3.76. The Morgan fingerprint density at radius 3 is 2.43 bits per heavy atom. The van der Waals surface area contributed by atoms with E-state index >= 15 is 0 Å². The number of allylic oxidation sites excluding steroid dienone is 1. The number of phenols is 1. The van der Waals surface area contributed by atoms with Crippen molar-refractivity contribution in [2.75, 3.05) is 0 Å². The van der Waals surface area contributed by atoms with Crippen molar-refractivity contribution < 1.29 is 5.11 Å². The molecule has 1 aromatic carbocycles. The molecule has 0 bridgehead atoms. The van der Waals surface area contributed by atoms with Crippen LogP contribution in [0.1, 0.15) is 59.1 Å². The number of pyridine rings is 1. The average molecular weight is 311 g/mol. The highest BCUT2D eigenvalue weighted by molar-refractivity contribution is 5.84. The predicted molar refractivity (Wildman–Crippen MR) is 98.8 cm³/mol. The first-order chi connectivity index (χ1) is 10.6. The van der Waals surface area contributed by atoms with Crippen molar-refractivity contribution >= 4 is 10.9 Å². The maximum atomic E-state index is 10.0. The molecule has 0 amide bonds. The smallest absolute Gasteiger partial charge is 0.141 e. The van der Waals surface area contributed by atoms with Crippen LogP contribution in [0.25, 0.3) is 10.9 Å². The van der Waals surface area contributed by atoms with Gasteiger partial charge < -0.3 is 5.11 Å². The third-order valence-corrected chi connectivity index (χ3v) is 4.17. The molecule has 0 aliphatic carbocycles. The number of hydrogen-bond acceptors (Lipinski definition) is 2. The summed E-state index contributed by atoms with van der Waals surface area (Å²) in [5.41, 5.74) is 2.15. The van der Waals surface area contributed by atoms with Gasteiger partial charge in [-0.3, -0.25) is 0 Å². The van der Waals surface area contributed by atoms with E-state index in [2.05, 4.69) is 47.3 Å². The molecule has 0 spiro atoms. The molecule has 0 radical (unpaired) electrons. The third kappa shape index (κ3) is 4.57. The van der Waals surface area contributed by atoms with Crippen molar-refractivity contribution in [1.29, 1.82) is 0 Å². The summed E-state index contributed by atoms with van der Waals surface area (Å²) < 4.78 is 0. The standard InChI is InChI=1S/C21H29NO/c1-7-15(13-21(5,6)14-20(2,3)4)17-12-11-16-9-8-10-18(23)19(16)22-17/h7-12,15,23H,1,13-14H2,2-6H3. The molecule has 0 saturated carbocycles. The maximum absolute atomic E-state index is 10.0. The van der Waals surface area contributed by atoms with Crippen LogP contribution in [0, 0.1) is 10.8 Å². The zero-order chi connectivity index (χ0) is 17.3. The Hall–Kier alpha value is -1.83. The number of phenolic OH excluding ortho intramolecular Hbond substituents is 1. The summed E-state index contributed by atoms with van der Waals surface area (Å²) >= 11 is 0. The molecule has 2 rings (SSSR count). The van der Waals surface area contributed by atoms with Crippen LogP contribution < -0.4 is 0 Å². The van der Waals surface area contributed by atoms with E-state index in [9.17, 15) is 5.11 Å². The first-order valence-electron chi connectivity index (χ1n) is 8.32. The van der Waals surface area contributed by atoms with Crippen molar-refractivity contribution in [2.24, 2.45) is 10.8 Å². The van der Waals surface area contributed by atoms with Crippen LogP contribution in [-0.4, -0.2) is 10.1 Å². The predicted octanol–water partition coefficient (Wildman–Crippen LogP) is 6.06. The van der Waals surface area contributed by atoms with E-state index in [1.807, 2.05) is 24.3 Å². The molecule has 0 fully saturated rings. The molecular weight excluding hydrogens is 282 g/mol. The highest BCUT2D eigenvalue weighted by Gasteiger charge is 2.28. The van der Waals surface area contributed by atoms with Gasteiger partial charge in [0.25, 0.3) is 0 Å². The van der Waals surface area contributed by atoms with Gasteiger partial charge in [0.05, 0.1) is 0 Å². The van der Waals surface area contributed by atoms with Crippen LogP contribution in [0.4, 0.5) is 0 Å². The van der Waals surface area contributed by atoms with Gasteiger partial charge in [0.2, 0.25) is 0 Å². The Morgan fingerprint density at radius 1 is 1.13 bits per heavy atom. The van der Waals surface area contributed by atoms with Gasteiger partial charge in [-0.25, -0.2) is 4.98 Å². The van der Waals surface area contributed by atoms with Crippen LogP contribution in [-0.2, 0) is 0 Å². The van der Waals surface area contributed by atoms with E-state index in [1.165, 1.54) is 0 Å². The number of rotatable bonds is 5. The summed E-state index contributed by atoms with van der Waals surface area (Å²) in [4.78, 5) is 4.71. The third-order valence-electron chi connectivity index (χ3n) is 4.17. The molecule has 0 aliphatic heterocycles.